The first kappa shape index (κ1) is 10.9. The van der Waals surface area contributed by atoms with E-state index in [1.165, 1.54) is 18.2 Å². The van der Waals surface area contributed by atoms with Gasteiger partial charge in [-0.15, -0.1) is 0 Å². The zero-order chi connectivity index (χ0) is 12.3. The number of carbonyl (C=O) groups excluding carboxylic acids is 1. The van der Waals surface area contributed by atoms with Crippen molar-refractivity contribution >= 4 is 17.0 Å². The lowest BCUT2D eigenvalue weighted by Gasteiger charge is -2.03. The number of nitrogens with zero attached hydrogens (tertiary/aromatic N) is 1. The maximum atomic E-state index is 11.0. The van der Waals surface area contributed by atoms with Gasteiger partial charge in [0.15, 0.2) is 6.73 Å². The number of ether oxygens (including phenoxy) is 1. The van der Waals surface area contributed by atoms with Crippen LogP contribution in [0.4, 0.5) is 0 Å². The van der Waals surface area contributed by atoms with Crippen LogP contribution in [0.15, 0.2) is 38.5 Å². The van der Waals surface area contributed by atoms with E-state index in [0.29, 0.717) is 11.1 Å². The molecule has 0 saturated carbocycles. The third-order valence-corrected chi connectivity index (χ3v) is 2.05. The fourth-order valence-electron chi connectivity index (χ4n) is 1.35. The summed E-state index contributed by atoms with van der Waals surface area (Å²) in [6.45, 7) is -0.169. The van der Waals surface area contributed by atoms with E-state index >= 15 is 0 Å². The second-order valence-corrected chi connectivity index (χ2v) is 3.13. The summed E-state index contributed by atoms with van der Waals surface area (Å²) in [6.07, 6.45) is 1.33. The highest BCUT2D eigenvalue weighted by atomic mass is 16.5. The summed E-state index contributed by atoms with van der Waals surface area (Å²) in [5.41, 5.74) is -0.458. The first-order valence-corrected chi connectivity index (χ1v) is 4.64. The number of benzene rings is 1. The molecule has 0 amide bonds. The largest absolute Gasteiger partial charge is 0.507 e. The van der Waals surface area contributed by atoms with Crippen LogP contribution in [0.1, 0.15) is 0 Å². The van der Waals surface area contributed by atoms with Crippen LogP contribution in [0.2, 0.25) is 0 Å². The predicted octanol–water partition coefficient (Wildman–Crippen LogP) is 1.17. The van der Waals surface area contributed by atoms with Crippen molar-refractivity contribution in [2.45, 2.75) is 0 Å². The number of aromatic hydroxyl groups is 1. The van der Waals surface area contributed by atoms with Gasteiger partial charge in [0.1, 0.15) is 17.1 Å². The van der Waals surface area contributed by atoms with Crippen LogP contribution < -0.4 is 10.4 Å². The zero-order valence-electron chi connectivity index (χ0n) is 8.54. The first-order valence-electron chi connectivity index (χ1n) is 4.64. The molecule has 1 N–H and O–H groups in total. The van der Waals surface area contributed by atoms with Crippen molar-refractivity contribution in [1.29, 1.82) is 0 Å². The smallest absolute Gasteiger partial charge is 0.339 e. The zero-order valence-corrected chi connectivity index (χ0v) is 8.54. The molecule has 0 fully saturated rings. The molecule has 86 valence electrons. The van der Waals surface area contributed by atoms with Crippen molar-refractivity contribution < 1.29 is 19.1 Å². The van der Waals surface area contributed by atoms with Crippen molar-refractivity contribution in [2.24, 2.45) is 4.99 Å². The molecule has 0 saturated heterocycles. The van der Waals surface area contributed by atoms with E-state index in [-0.39, 0.29) is 18.1 Å². The molecule has 17 heavy (non-hydrogen) atoms. The average molecular weight is 233 g/mol. The van der Waals surface area contributed by atoms with Crippen molar-refractivity contribution in [3.8, 4) is 11.5 Å². The van der Waals surface area contributed by atoms with E-state index in [1.54, 1.807) is 6.07 Å². The fraction of sp³-hybridized carbons (Fsp3) is 0.0909. The van der Waals surface area contributed by atoms with Gasteiger partial charge in [0.25, 0.3) is 0 Å². The van der Waals surface area contributed by atoms with Gasteiger partial charge in [-0.05, 0) is 12.1 Å². The number of aliphatic imine (C=N–C) groups is 1. The maximum absolute atomic E-state index is 11.0. The summed E-state index contributed by atoms with van der Waals surface area (Å²) < 4.78 is 9.95. The Kier molecular flexibility index (Phi) is 2.89. The fourth-order valence-corrected chi connectivity index (χ4v) is 1.35. The molecule has 0 spiro atoms. The minimum atomic E-state index is -0.655. The Morgan fingerprint density at radius 2 is 2.24 bits per heavy atom. The number of hydrogen-bond acceptors (Lipinski definition) is 6. The van der Waals surface area contributed by atoms with E-state index in [4.69, 9.17) is 9.15 Å². The SMILES string of the molecule is O=C=NCOc1ccc2c(O)cc(=O)oc2c1. The third-order valence-electron chi connectivity index (χ3n) is 2.05. The van der Waals surface area contributed by atoms with E-state index in [9.17, 15) is 14.7 Å². The van der Waals surface area contributed by atoms with E-state index in [1.807, 2.05) is 0 Å². The summed E-state index contributed by atoms with van der Waals surface area (Å²) in [5, 5.41) is 9.89. The molecule has 0 bridgehead atoms. The number of hydrogen-bond donors (Lipinski definition) is 1. The molecule has 0 aliphatic carbocycles. The Labute approximate surface area is 94.8 Å². The van der Waals surface area contributed by atoms with Gasteiger partial charge in [-0.2, -0.15) is 4.99 Å². The Balaban J connectivity index is 2.43. The highest BCUT2D eigenvalue weighted by Crippen LogP contribution is 2.26. The molecule has 2 aromatic rings. The molecular formula is C11H7NO5. The minimum absolute atomic E-state index is 0.159. The highest BCUT2D eigenvalue weighted by Gasteiger charge is 2.05. The van der Waals surface area contributed by atoms with Gasteiger partial charge in [-0.25, -0.2) is 9.59 Å². The molecule has 2 rings (SSSR count). The minimum Gasteiger partial charge on any atom is -0.507 e. The Morgan fingerprint density at radius 1 is 1.41 bits per heavy atom. The van der Waals surface area contributed by atoms with Gasteiger partial charge in [-0.3, -0.25) is 0 Å². The summed E-state index contributed by atoms with van der Waals surface area (Å²) in [6, 6.07) is 5.51. The van der Waals surface area contributed by atoms with Crippen LogP contribution >= 0.6 is 0 Å². The molecule has 0 radical (unpaired) electrons. The van der Waals surface area contributed by atoms with Crippen LogP contribution in [-0.4, -0.2) is 17.9 Å². The summed E-state index contributed by atoms with van der Waals surface area (Å²) in [4.78, 5) is 24.1. The first-order chi connectivity index (χ1) is 8.20. The van der Waals surface area contributed by atoms with Crippen LogP contribution in [0, 0.1) is 0 Å². The third kappa shape index (κ3) is 2.32. The van der Waals surface area contributed by atoms with Gasteiger partial charge in [0.2, 0.25) is 6.08 Å². The summed E-state index contributed by atoms with van der Waals surface area (Å²) >= 11 is 0. The van der Waals surface area contributed by atoms with E-state index < -0.39 is 5.63 Å². The lowest BCUT2D eigenvalue weighted by atomic mass is 10.2. The van der Waals surface area contributed by atoms with Crippen molar-refractivity contribution in [3.63, 3.8) is 0 Å². The molecule has 1 aromatic carbocycles. The van der Waals surface area contributed by atoms with Crippen LogP contribution in [0.3, 0.4) is 0 Å². The predicted molar refractivity (Wildman–Crippen MR) is 57.8 cm³/mol. The lowest BCUT2D eigenvalue weighted by Crippen LogP contribution is -1.97. The van der Waals surface area contributed by atoms with Gasteiger partial charge >= 0.3 is 5.63 Å². The van der Waals surface area contributed by atoms with Gasteiger partial charge < -0.3 is 14.3 Å². The monoisotopic (exact) mass is 233 g/mol. The quantitative estimate of drug-likeness (QED) is 0.488. The highest BCUT2D eigenvalue weighted by molar-refractivity contribution is 5.83. The molecule has 0 atom stereocenters. The molecule has 6 heteroatoms. The van der Waals surface area contributed by atoms with Gasteiger partial charge in [0, 0.05) is 6.07 Å². The summed E-state index contributed by atoms with van der Waals surface area (Å²) in [7, 11) is 0. The molecule has 0 aliphatic rings. The second-order valence-electron chi connectivity index (χ2n) is 3.13. The van der Waals surface area contributed by atoms with Crippen molar-refractivity contribution in [1.82, 2.24) is 0 Å². The maximum Gasteiger partial charge on any atom is 0.339 e. The summed E-state index contributed by atoms with van der Waals surface area (Å²) in [5.74, 6) is 0.207. The molecule has 6 nitrogen and oxygen atoms in total. The van der Waals surface area contributed by atoms with Gasteiger partial charge in [0.05, 0.1) is 11.5 Å². The molecule has 0 aliphatic heterocycles. The van der Waals surface area contributed by atoms with Crippen LogP contribution in [0.25, 0.3) is 11.0 Å². The number of fused-ring (bicyclic) bond motifs is 1. The second kappa shape index (κ2) is 4.51. The van der Waals surface area contributed by atoms with Crippen LogP contribution in [-0.2, 0) is 4.79 Å². The number of isocyanates is 1. The average Bonchev–Trinajstić information content (AvgIpc) is 2.28. The van der Waals surface area contributed by atoms with Gasteiger partial charge in [-0.1, -0.05) is 0 Å². The van der Waals surface area contributed by atoms with E-state index in [2.05, 4.69) is 4.99 Å². The molecule has 1 aromatic heterocycles. The molecule has 1 heterocycles. The topological polar surface area (TPSA) is 89.1 Å². The number of rotatable bonds is 3. The molecule has 0 unspecified atom stereocenters. The lowest BCUT2D eigenvalue weighted by molar-refractivity contribution is 0.330. The van der Waals surface area contributed by atoms with Crippen molar-refractivity contribution in [3.05, 3.63) is 34.7 Å². The molecular weight excluding hydrogens is 226 g/mol. The van der Waals surface area contributed by atoms with Crippen LogP contribution in [0.5, 0.6) is 11.5 Å². The Morgan fingerprint density at radius 3 is 3.00 bits per heavy atom. The normalized spacial score (nSPS) is 9.88. The Bertz CT molecular complexity index is 654. The standard InChI is InChI=1S/C11H7NO5/c13-5-12-6-16-7-1-2-8-9(14)4-11(15)17-10(8)3-7/h1-4,14H,6H2. The van der Waals surface area contributed by atoms with Crippen molar-refractivity contribution in [2.75, 3.05) is 6.73 Å². The Hall–Kier alpha value is -2.59. The van der Waals surface area contributed by atoms with E-state index in [0.717, 1.165) is 6.07 Å².